The predicted molar refractivity (Wildman–Crippen MR) is 75.0 cm³/mol. The van der Waals surface area contributed by atoms with Gasteiger partial charge in [-0.25, -0.2) is 4.98 Å². The third-order valence-electron chi connectivity index (χ3n) is 2.75. The van der Waals surface area contributed by atoms with E-state index < -0.39 is 0 Å². The Morgan fingerprint density at radius 1 is 1.22 bits per heavy atom. The standard InChI is InChI=1S/C14H18N2OS/c1-9-4-10(2)14(11(3)5-9)17-8-13-16-7-12(6-15)18-13/h4-5,7H,6,8,15H2,1-3H3. The Balaban J connectivity index is 2.10. The molecular formula is C14H18N2OS. The Kier molecular flexibility index (Phi) is 3.99. The molecule has 2 aromatic rings. The van der Waals surface area contributed by atoms with Crippen LogP contribution in [0.25, 0.3) is 0 Å². The van der Waals surface area contributed by atoms with Crippen molar-refractivity contribution in [3.63, 3.8) is 0 Å². The van der Waals surface area contributed by atoms with E-state index in [2.05, 4.69) is 37.9 Å². The van der Waals surface area contributed by atoms with Crippen molar-refractivity contribution < 1.29 is 4.74 Å². The molecule has 0 bridgehead atoms. The number of aromatic nitrogens is 1. The van der Waals surface area contributed by atoms with Crippen molar-refractivity contribution in [2.24, 2.45) is 5.73 Å². The van der Waals surface area contributed by atoms with E-state index in [0.29, 0.717) is 13.2 Å². The SMILES string of the molecule is Cc1cc(C)c(OCc2ncc(CN)s2)c(C)c1. The van der Waals surface area contributed by atoms with Crippen LogP contribution in [0.3, 0.4) is 0 Å². The summed E-state index contributed by atoms with van der Waals surface area (Å²) in [5.74, 6) is 0.963. The van der Waals surface area contributed by atoms with E-state index in [4.69, 9.17) is 10.5 Å². The van der Waals surface area contributed by atoms with Crippen molar-refractivity contribution in [3.8, 4) is 5.75 Å². The second kappa shape index (κ2) is 5.50. The Morgan fingerprint density at radius 2 is 1.89 bits per heavy atom. The summed E-state index contributed by atoms with van der Waals surface area (Å²) in [6.07, 6.45) is 1.82. The first kappa shape index (κ1) is 13.1. The quantitative estimate of drug-likeness (QED) is 0.921. The Hall–Kier alpha value is -1.39. The molecule has 0 radical (unpaired) electrons. The fourth-order valence-corrected chi connectivity index (χ4v) is 2.75. The van der Waals surface area contributed by atoms with Gasteiger partial charge in [-0.05, 0) is 31.9 Å². The second-order valence-electron chi connectivity index (χ2n) is 4.44. The van der Waals surface area contributed by atoms with Gasteiger partial charge in [-0.15, -0.1) is 11.3 Å². The highest BCUT2D eigenvalue weighted by atomic mass is 32.1. The summed E-state index contributed by atoms with van der Waals surface area (Å²) >= 11 is 1.61. The molecule has 3 nitrogen and oxygen atoms in total. The molecule has 0 unspecified atom stereocenters. The fourth-order valence-electron chi connectivity index (χ4n) is 2.04. The van der Waals surface area contributed by atoms with Crippen LogP contribution in [-0.4, -0.2) is 4.98 Å². The molecule has 0 aliphatic rings. The number of nitrogens with two attached hydrogens (primary N) is 1. The molecule has 1 aromatic heterocycles. The van der Waals surface area contributed by atoms with Gasteiger partial charge in [-0.3, -0.25) is 0 Å². The van der Waals surface area contributed by atoms with Gasteiger partial charge >= 0.3 is 0 Å². The average molecular weight is 262 g/mol. The fraction of sp³-hybridized carbons (Fsp3) is 0.357. The van der Waals surface area contributed by atoms with E-state index in [1.54, 1.807) is 11.3 Å². The van der Waals surface area contributed by atoms with Crippen molar-refractivity contribution in [3.05, 3.63) is 44.9 Å². The van der Waals surface area contributed by atoms with E-state index >= 15 is 0 Å². The van der Waals surface area contributed by atoms with E-state index in [9.17, 15) is 0 Å². The number of thiazole rings is 1. The van der Waals surface area contributed by atoms with Crippen LogP contribution >= 0.6 is 11.3 Å². The molecule has 0 saturated carbocycles. The summed E-state index contributed by atoms with van der Waals surface area (Å²) in [6.45, 7) is 7.29. The number of hydrogen-bond acceptors (Lipinski definition) is 4. The van der Waals surface area contributed by atoms with Crippen LogP contribution in [0.2, 0.25) is 0 Å². The minimum atomic E-state index is 0.509. The van der Waals surface area contributed by atoms with Gasteiger partial charge in [-0.1, -0.05) is 17.7 Å². The molecule has 0 atom stereocenters. The third kappa shape index (κ3) is 2.89. The van der Waals surface area contributed by atoms with E-state index in [-0.39, 0.29) is 0 Å². The third-order valence-corrected chi connectivity index (χ3v) is 3.74. The monoisotopic (exact) mass is 262 g/mol. The molecule has 0 amide bonds. The zero-order chi connectivity index (χ0) is 13.1. The molecule has 18 heavy (non-hydrogen) atoms. The zero-order valence-electron chi connectivity index (χ0n) is 11.0. The van der Waals surface area contributed by atoms with Gasteiger partial charge in [0.1, 0.15) is 17.4 Å². The van der Waals surface area contributed by atoms with Gasteiger partial charge in [0.05, 0.1) is 0 Å². The van der Waals surface area contributed by atoms with Crippen molar-refractivity contribution in [1.82, 2.24) is 4.98 Å². The van der Waals surface area contributed by atoms with Crippen molar-refractivity contribution in [2.45, 2.75) is 33.9 Å². The van der Waals surface area contributed by atoms with E-state index in [1.807, 2.05) is 6.20 Å². The number of benzene rings is 1. The highest BCUT2D eigenvalue weighted by Crippen LogP contribution is 2.26. The predicted octanol–water partition coefficient (Wildman–Crippen LogP) is 3.11. The first-order valence-electron chi connectivity index (χ1n) is 5.94. The van der Waals surface area contributed by atoms with Gasteiger partial charge in [0.25, 0.3) is 0 Å². The normalized spacial score (nSPS) is 10.7. The molecule has 1 aromatic carbocycles. The molecule has 0 aliphatic heterocycles. The number of ether oxygens (including phenoxy) is 1. The largest absolute Gasteiger partial charge is 0.486 e. The molecule has 0 saturated heterocycles. The minimum Gasteiger partial charge on any atom is -0.486 e. The average Bonchev–Trinajstić information content (AvgIpc) is 2.75. The van der Waals surface area contributed by atoms with Gasteiger partial charge in [-0.2, -0.15) is 0 Å². The molecule has 0 fully saturated rings. The topological polar surface area (TPSA) is 48.1 Å². The van der Waals surface area contributed by atoms with Crippen LogP contribution in [0.5, 0.6) is 5.75 Å². The molecule has 1 heterocycles. The maximum Gasteiger partial charge on any atom is 0.140 e. The number of aryl methyl sites for hydroxylation is 3. The second-order valence-corrected chi connectivity index (χ2v) is 5.64. The first-order chi connectivity index (χ1) is 8.60. The molecule has 2 rings (SSSR count). The number of rotatable bonds is 4. The number of hydrogen-bond donors (Lipinski definition) is 1. The van der Waals surface area contributed by atoms with Crippen molar-refractivity contribution >= 4 is 11.3 Å². The lowest BCUT2D eigenvalue weighted by Gasteiger charge is -2.11. The zero-order valence-corrected chi connectivity index (χ0v) is 11.8. The van der Waals surface area contributed by atoms with Gasteiger partial charge in [0.15, 0.2) is 0 Å². The maximum absolute atomic E-state index is 5.87. The highest BCUT2D eigenvalue weighted by Gasteiger charge is 2.07. The first-order valence-corrected chi connectivity index (χ1v) is 6.76. The Labute approximate surface area is 112 Å². The maximum atomic E-state index is 5.87. The number of nitrogens with zero attached hydrogens (tertiary/aromatic N) is 1. The van der Waals surface area contributed by atoms with E-state index in [0.717, 1.165) is 15.6 Å². The molecule has 4 heteroatoms. The van der Waals surface area contributed by atoms with Crippen LogP contribution in [-0.2, 0) is 13.2 Å². The highest BCUT2D eigenvalue weighted by molar-refractivity contribution is 7.11. The molecule has 2 N–H and O–H groups in total. The van der Waals surface area contributed by atoms with Crippen LogP contribution in [0.4, 0.5) is 0 Å². The van der Waals surface area contributed by atoms with Crippen LogP contribution < -0.4 is 10.5 Å². The lowest BCUT2D eigenvalue weighted by molar-refractivity contribution is 0.301. The summed E-state index contributed by atoms with van der Waals surface area (Å²) < 4.78 is 5.87. The molecule has 96 valence electrons. The van der Waals surface area contributed by atoms with E-state index in [1.165, 1.54) is 16.7 Å². The van der Waals surface area contributed by atoms with Gasteiger partial charge in [0, 0.05) is 17.6 Å². The van der Waals surface area contributed by atoms with Crippen LogP contribution in [0, 0.1) is 20.8 Å². The Bertz CT molecular complexity index is 525. The molecule has 0 spiro atoms. The van der Waals surface area contributed by atoms with Crippen molar-refractivity contribution in [2.75, 3.05) is 0 Å². The summed E-state index contributed by atoms with van der Waals surface area (Å²) in [5, 5.41) is 0.967. The Morgan fingerprint density at radius 3 is 2.44 bits per heavy atom. The lowest BCUT2D eigenvalue weighted by Crippen LogP contribution is -1.99. The van der Waals surface area contributed by atoms with Gasteiger partial charge < -0.3 is 10.5 Å². The summed E-state index contributed by atoms with van der Waals surface area (Å²) in [6, 6.07) is 4.27. The smallest absolute Gasteiger partial charge is 0.140 e. The summed E-state index contributed by atoms with van der Waals surface area (Å²) in [4.78, 5) is 5.38. The van der Waals surface area contributed by atoms with Crippen molar-refractivity contribution in [1.29, 1.82) is 0 Å². The van der Waals surface area contributed by atoms with Crippen LogP contribution in [0.1, 0.15) is 26.6 Å². The molecule has 0 aliphatic carbocycles. The molecular weight excluding hydrogens is 244 g/mol. The summed E-state index contributed by atoms with van der Waals surface area (Å²) in [7, 11) is 0. The summed E-state index contributed by atoms with van der Waals surface area (Å²) in [5.41, 5.74) is 9.17. The van der Waals surface area contributed by atoms with Crippen LogP contribution in [0.15, 0.2) is 18.3 Å². The lowest BCUT2D eigenvalue weighted by atomic mass is 10.1. The van der Waals surface area contributed by atoms with Gasteiger partial charge in [0.2, 0.25) is 0 Å². The minimum absolute atomic E-state index is 0.509.